The lowest BCUT2D eigenvalue weighted by Crippen LogP contribution is -2.47. The second-order valence-electron chi connectivity index (χ2n) is 9.11. The largest absolute Gasteiger partial charge is 0.462 e. The number of ether oxygens (including phenoxy) is 1. The first kappa shape index (κ1) is 29.0. The van der Waals surface area contributed by atoms with E-state index in [0.717, 1.165) is 17.0 Å². The molecule has 1 saturated heterocycles. The standard InChI is InChI=1S/C26H35N6O5P/c1-17(2)36-26(35)18(3)31-38(37-23-10-6-8-19-7-4-5-9-21(19)23)32-13-11-20(12-14-32)30-25(34)24(28)22(15-27)29-16-33/h4-10,15-18,20,27,31H,11-14,28H2,1-3H3,(H,29,33)(H,30,34)/b24-22+,27-15?. The number of rotatable bonds is 12. The smallest absolute Gasteiger partial charge is 0.323 e. The van der Waals surface area contributed by atoms with Crippen molar-refractivity contribution in [2.75, 3.05) is 13.1 Å². The minimum Gasteiger partial charge on any atom is -0.462 e. The van der Waals surface area contributed by atoms with Crippen molar-refractivity contribution in [3.05, 3.63) is 53.9 Å². The number of fused-ring (bicyclic) bond motifs is 1. The van der Waals surface area contributed by atoms with Gasteiger partial charge in [-0.1, -0.05) is 36.4 Å². The number of esters is 1. The third-order valence-electron chi connectivity index (χ3n) is 5.90. The van der Waals surface area contributed by atoms with Gasteiger partial charge in [0.2, 0.25) is 14.9 Å². The molecule has 0 radical (unpaired) electrons. The number of piperidine rings is 1. The fraction of sp³-hybridized carbons (Fsp3) is 0.385. The highest BCUT2D eigenvalue weighted by Gasteiger charge is 2.32. The molecular formula is C26H35N6O5P. The molecule has 1 heterocycles. The normalized spacial score (nSPS) is 16.7. The topological polar surface area (TPSA) is 159 Å². The molecule has 2 aromatic carbocycles. The Bertz CT molecular complexity index is 1180. The molecule has 11 nitrogen and oxygen atoms in total. The fourth-order valence-corrected chi connectivity index (χ4v) is 5.63. The Morgan fingerprint density at radius 3 is 2.47 bits per heavy atom. The third-order valence-corrected chi connectivity index (χ3v) is 7.79. The van der Waals surface area contributed by atoms with Crippen LogP contribution < -0.4 is 26.0 Å². The Morgan fingerprint density at radius 1 is 1.13 bits per heavy atom. The quantitative estimate of drug-likeness (QED) is 0.0900. The van der Waals surface area contributed by atoms with Gasteiger partial charge in [0.15, 0.2) is 0 Å². The summed E-state index contributed by atoms with van der Waals surface area (Å²) < 4.78 is 14.0. The van der Waals surface area contributed by atoms with E-state index in [2.05, 4.69) is 20.4 Å². The number of hydrogen-bond acceptors (Lipinski definition) is 9. The lowest BCUT2D eigenvalue weighted by Gasteiger charge is -2.37. The van der Waals surface area contributed by atoms with Crippen LogP contribution in [0.15, 0.2) is 53.9 Å². The molecule has 1 aliphatic rings. The average Bonchev–Trinajstić information content (AvgIpc) is 2.91. The van der Waals surface area contributed by atoms with Crippen LogP contribution in [0.25, 0.3) is 10.8 Å². The van der Waals surface area contributed by atoms with Gasteiger partial charge >= 0.3 is 5.97 Å². The van der Waals surface area contributed by atoms with Crippen molar-refractivity contribution in [1.29, 1.82) is 5.41 Å². The summed E-state index contributed by atoms with van der Waals surface area (Å²) in [5.41, 5.74) is 5.53. The van der Waals surface area contributed by atoms with Crippen molar-refractivity contribution in [1.82, 2.24) is 20.4 Å². The zero-order chi connectivity index (χ0) is 27.7. The maximum Gasteiger partial charge on any atom is 0.323 e. The predicted octanol–water partition coefficient (Wildman–Crippen LogP) is 2.52. The monoisotopic (exact) mass is 542 g/mol. The SMILES string of the molecule is CC(C)OC(=O)C(C)NP(Oc1cccc2ccccc12)N1CCC(NC(=O)/C(N)=C(/C=N)NC=O)CC1. The van der Waals surface area contributed by atoms with Gasteiger partial charge in [0.05, 0.1) is 11.8 Å². The van der Waals surface area contributed by atoms with Crippen LogP contribution in [0, 0.1) is 5.41 Å². The molecule has 6 N–H and O–H groups in total. The Hall–Kier alpha value is -3.53. The van der Waals surface area contributed by atoms with Crippen molar-refractivity contribution in [2.45, 2.75) is 51.8 Å². The highest BCUT2D eigenvalue weighted by Crippen LogP contribution is 2.43. The lowest BCUT2D eigenvalue weighted by molar-refractivity contribution is -0.149. The molecule has 0 bridgehead atoms. The van der Waals surface area contributed by atoms with Crippen molar-refractivity contribution in [2.24, 2.45) is 5.73 Å². The molecule has 0 spiro atoms. The Morgan fingerprint density at radius 2 is 1.82 bits per heavy atom. The molecule has 3 rings (SSSR count). The number of benzene rings is 2. The molecule has 12 heteroatoms. The van der Waals surface area contributed by atoms with Crippen molar-refractivity contribution in [3.8, 4) is 5.75 Å². The van der Waals surface area contributed by atoms with E-state index < -0.39 is 20.4 Å². The first-order valence-corrected chi connectivity index (χ1v) is 13.6. The van der Waals surface area contributed by atoms with E-state index in [4.69, 9.17) is 20.4 Å². The Kier molecular flexibility index (Phi) is 10.6. The summed E-state index contributed by atoms with van der Waals surface area (Å²) in [6, 6.07) is 13.1. The summed E-state index contributed by atoms with van der Waals surface area (Å²) in [5, 5.41) is 17.8. The van der Waals surface area contributed by atoms with Gasteiger partial charge in [-0.3, -0.25) is 14.4 Å². The number of nitrogens with two attached hydrogens (primary N) is 1. The molecule has 0 aromatic heterocycles. The Labute approximate surface area is 223 Å². The molecular weight excluding hydrogens is 507 g/mol. The molecule has 204 valence electrons. The maximum atomic E-state index is 12.5. The summed E-state index contributed by atoms with van der Waals surface area (Å²) in [6.45, 7) is 6.55. The highest BCUT2D eigenvalue weighted by molar-refractivity contribution is 7.48. The number of nitrogens with zero attached hydrogens (tertiary/aromatic N) is 1. The first-order valence-electron chi connectivity index (χ1n) is 12.4. The second-order valence-corrected chi connectivity index (χ2v) is 10.7. The summed E-state index contributed by atoms with van der Waals surface area (Å²) in [7, 11) is -1.44. The van der Waals surface area contributed by atoms with Crippen LogP contribution in [0.4, 0.5) is 0 Å². The van der Waals surface area contributed by atoms with E-state index in [0.29, 0.717) is 38.1 Å². The predicted molar refractivity (Wildman–Crippen MR) is 147 cm³/mol. The number of hydrogen-bond donors (Lipinski definition) is 5. The van der Waals surface area contributed by atoms with Crippen LogP contribution in [-0.4, -0.2) is 60.4 Å². The summed E-state index contributed by atoms with van der Waals surface area (Å²) in [4.78, 5) is 35.7. The molecule has 0 aliphatic carbocycles. The van der Waals surface area contributed by atoms with Crippen LogP contribution in [0.3, 0.4) is 0 Å². The average molecular weight is 543 g/mol. The van der Waals surface area contributed by atoms with Crippen molar-refractivity contribution >= 4 is 43.7 Å². The van der Waals surface area contributed by atoms with Crippen molar-refractivity contribution in [3.63, 3.8) is 0 Å². The number of carbonyl (C=O) groups excluding carboxylic acids is 3. The van der Waals surface area contributed by atoms with Gasteiger partial charge in [-0.2, -0.15) is 0 Å². The minimum atomic E-state index is -1.44. The zero-order valence-corrected chi connectivity index (χ0v) is 22.7. The van der Waals surface area contributed by atoms with E-state index in [1.807, 2.05) is 42.5 Å². The van der Waals surface area contributed by atoms with Gasteiger partial charge in [-0.05, 0) is 45.1 Å². The van der Waals surface area contributed by atoms with Gasteiger partial charge in [0, 0.05) is 30.7 Å². The summed E-state index contributed by atoms with van der Waals surface area (Å²) >= 11 is 0. The second kappa shape index (κ2) is 13.9. The molecule has 1 aliphatic heterocycles. The highest BCUT2D eigenvalue weighted by atomic mass is 31.2. The fourth-order valence-electron chi connectivity index (χ4n) is 3.92. The Balaban J connectivity index is 1.73. The first-order chi connectivity index (χ1) is 18.2. The van der Waals surface area contributed by atoms with Crippen LogP contribution in [-0.2, 0) is 19.1 Å². The van der Waals surface area contributed by atoms with Gasteiger partial charge < -0.3 is 31.0 Å². The molecule has 1 fully saturated rings. The molecule has 0 saturated carbocycles. The van der Waals surface area contributed by atoms with E-state index in [9.17, 15) is 14.4 Å². The lowest BCUT2D eigenvalue weighted by atomic mass is 10.1. The number of allylic oxidation sites excluding steroid dienone is 1. The van der Waals surface area contributed by atoms with E-state index in [1.165, 1.54) is 0 Å². The molecule has 38 heavy (non-hydrogen) atoms. The van der Waals surface area contributed by atoms with Crippen molar-refractivity contribution < 1.29 is 23.6 Å². The molecule has 2 atom stereocenters. The minimum absolute atomic E-state index is 0.0617. The summed E-state index contributed by atoms with van der Waals surface area (Å²) in [6.07, 6.45) is 2.19. The van der Waals surface area contributed by atoms with E-state index in [1.54, 1.807) is 20.8 Å². The number of carbonyl (C=O) groups is 3. The van der Waals surface area contributed by atoms with Gasteiger partial charge in [0.1, 0.15) is 17.5 Å². The van der Waals surface area contributed by atoms with Gasteiger partial charge in [-0.25, -0.2) is 9.76 Å². The molecule has 2 unspecified atom stereocenters. The summed E-state index contributed by atoms with van der Waals surface area (Å²) in [5.74, 6) is -0.195. The van der Waals surface area contributed by atoms with Gasteiger partial charge in [-0.15, -0.1) is 0 Å². The maximum absolute atomic E-state index is 12.5. The zero-order valence-electron chi connectivity index (χ0n) is 21.8. The number of nitrogens with one attached hydrogen (secondary N) is 4. The van der Waals surface area contributed by atoms with Crippen LogP contribution in [0.2, 0.25) is 0 Å². The van der Waals surface area contributed by atoms with Gasteiger partial charge in [0.25, 0.3) is 5.91 Å². The van der Waals surface area contributed by atoms with Crippen LogP contribution in [0.1, 0.15) is 33.6 Å². The van der Waals surface area contributed by atoms with E-state index in [-0.39, 0.29) is 29.5 Å². The number of amides is 2. The van der Waals surface area contributed by atoms with Crippen LogP contribution in [0.5, 0.6) is 5.75 Å². The van der Waals surface area contributed by atoms with Crippen LogP contribution >= 0.6 is 8.45 Å². The van der Waals surface area contributed by atoms with E-state index >= 15 is 0 Å². The molecule has 2 aromatic rings. The third kappa shape index (κ3) is 7.74. The molecule has 2 amide bonds.